The highest BCUT2D eigenvalue weighted by Gasteiger charge is 2.73. The van der Waals surface area contributed by atoms with Gasteiger partial charge in [0.25, 0.3) is 0 Å². The summed E-state index contributed by atoms with van der Waals surface area (Å²) < 4.78 is 6.86. The van der Waals surface area contributed by atoms with E-state index in [9.17, 15) is 19.5 Å². The molecule has 2 fully saturated rings. The molecule has 4 aliphatic heterocycles. The van der Waals surface area contributed by atoms with Crippen molar-refractivity contribution in [3.05, 3.63) is 96.1 Å². The van der Waals surface area contributed by atoms with Gasteiger partial charge in [-0.2, -0.15) is 0 Å². The van der Waals surface area contributed by atoms with Crippen molar-refractivity contribution in [1.82, 2.24) is 14.7 Å². The van der Waals surface area contributed by atoms with Crippen LogP contribution >= 0.6 is 0 Å². The lowest BCUT2D eigenvalue weighted by Gasteiger charge is -2.45. The Hall–Kier alpha value is -3.75. The van der Waals surface area contributed by atoms with Crippen LogP contribution < -0.4 is 0 Å². The van der Waals surface area contributed by atoms with Gasteiger partial charge in [-0.15, -0.1) is 0 Å². The minimum Gasteiger partial charge on any atom is -0.394 e. The van der Waals surface area contributed by atoms with Crippen molar-refractivity contribution >= 4 is 17.7 Å². The van der Waals surface area contributed by atoms with Gasteiger partial charge in [0.1, 0.15) is 11.6 Å². The summed E-state index contributed by atoms with van der Waals surface area (Å²) in [4.78, 5) is 49.4. The maximum absolute atomic E-state index is 15.0. The molecule has 238 valence electrons. The van der Waals surface area contributed by atoms with Gasteiger partial charge in [0.05, 0.1) is 30.6 Å². The third-order valence-corrected chi connectivity index (χ3v) is 9.78. The van der Waals surface area contributed by atoms with Crippen molar-refractivity contribution in [2.45, 2.75) is 76.9 Å². The van der Waals surface area contributed by atoms with Gasteiger partial charge in [-0.3, -0.25) is 14.4 Å². The van der Waals surface area contributed by atoms with Crippen LogP contribution in [0.3, 0.4) is 0 Å². The first kappa shape index (κ1) is 31.2. The standard InChI is InChI=1S/C37H45N3O5/c1-35(2,3)24-36(4,5)39-21-13-19-37-30(33(43)40(31(37)34(39)44)27(23-41)26-16-10-7-11-17-26)29-28(45-37)18-12-20-38(32(29)42)22-25-14-8-6-9-15-25/h6-19,27-31,41H,20-24H2,1-5H3/t27-,28+,29-,30+,31?,37+/m1/s1. The third kappa shape index (κ3) is 5.42. The maximum atomic E-state index is 15.0. The van der Waals surface area contributed by atoms with Gasteiger partial charge in [0, 0.05) is 25.2 Å². The Kier molecular flexibility index (Phi) is 8.02. The lowest BCUT2D eigenvalue weighted by atomic mass is 9.77. The van der Waals surface area contributed by atoms with E-state index in [1.165, 1.54) is 4.90 Å². The number of hydrogen-bond donors (Lipinski definition) is 1. The molecule has 1 spiro atoms. The number of aliphatic hydroxyl groups excluding tert-OH is 1. The van der Waals surface area contributed by atoms with Crippen LogP contribution in [0.25, 0.3) is 0 Å². The van der Waals surface area contributed by atoms with E-state index in [1.54, 1.807) is 4.90 Å². The molecule has 3 amide bonds. The fraction of sp³-hybridized carbons (Fsp3) is 0.486. The number of likely N-dealkylation sites (tertiary alicyclic amines) is 1. The van der Waals surface area contributed by atoms with Gasteiger partial charge in [0.15, 0.2) is 0 Å². The molecule has 6 rings (SSSR count). The fourth-order valence-corrected chi connectivity index (χ4v) is 8.38. The van der Waals surface area contributed by atoms with Crippen molar-refractivity contribution in [2.24, 2.45) is 17.3 Å². The number of carbonyl (C=O) groups is 3. The summed E-state index contributed by atoms with van der Waals surface area (Å²) in [5.41, 5.74) is -0.244. The number of hydrogen-bond acceptors (Lipinski definition) is 5. The Morgan fingerprint density at radius 3 is 2.20 bits per heavy atom. The number of carbonyl (C=O) groups excluding carboxylic acids is 3. The van der Waals surface area contributed by atoms with Crippen LogP contribution in [0.15, 0.2) is 85.0 Å². The molecule has 0 radical (unpaired) electrons. The van der Waals surface area contributed by atoms with Crippen LogP contribution in [-0.4, -0.2) is 80.5 Å². The highest BCUT2D eigenvalue weighted by molar-refractivity contribution is 6.00. The second kappa shape index (κ2) is 11.6. The fourth-order valence-electron chi connectivity index (χ4n) is 8.38. The summed E-state index contributed by atoms with van der Waals surface area (Å²) in [6, 6.07) is 17.3. The van der Waals surface area contributed by atoms with Crippen LogP contribution in [0.4, 0.5) is 0 Å². The van der Waals surface area contributed by atoms with Crippen molar-refractivity contribution in [3.8, 4) is 0 Å². The van der Waals surface area contributed by atoms with Gasteiger partial charge in [-0.1, -0.05) is 106 Å². The first-order chi connectivity index (χ1) is 21.4. The second-order valence-corrected chi connectivity index (χ2v) is 14.7. The number of benzene rings is 2. The number of amides is 3. The Morgan fingerprint density at radius 2 is 1.56 bits per heavy atom. The van der Waals surface area contributed by atoms with E-state index < -0.39 is 41.2 Å². The SMILES string of the molecule is CC(C)(C)CC(C)(C)N1CC=C[C@]23O[C@H]4C=CCN(Cc5ccccc5)C(=O)[C@H]4[C@H]2C(=O)N([C@H](CO)c2ccccc2)C3C1=O. The van der Waals surface area contributed by atoms with E-state index in [1.807, 2.05) is 89.9 Å². The van der Waals surface area contributed by atoms with E-state index in [4.69, 9.17) is 4.74 Å². The quantitative estimate of drug-likeness (QED) is 0.466. The van der Waals surface area contributed by atoms with Crippen LogP contribution in [0.2, 0.25) is 0 Å². The number of rotatable bonds is 7. The highest BCUT2D eigenvalue weighted by Crippen LogP contribution is 2.55. The number of fused-ring (bicyclic) bond motifs is 2. The molecule has 0 bridgehead atoms. The van der Waals surface area contributed by atoms with Crippen molar-refractivity contribution < 1.29 is 24.2 Å². The molecular formula is C37H45N3O5. The smallest absolute Gasteiger partial charge is 0.249 e. The van der Waals surface area contributed by atoms with Gasteiger partial charge < -0.3 is 24.5 Å². The summed E-state index contributed by atoms with van der Waals surface area (Å²) in [7, 11) is 0. The zero-order chi connectivity index (χ0) is 32.1. The molecule has 8 nitrogen and oxygen atoms in total. The van der Waals surface area contributed by atoms with Gasteiger partial charge >= 0.3 is 0 Å². The van der Waals surface area contributed by atoms with Crippen LogP contribution in [0.5, 0.6) is 0 Å². The summed E-state index contributed by atoms with van der Waals surface area (Å²) >= 11 is 0. The van der Waals surface area contributed by atoms with E-state index in [0.29, 0.717) is 19.6 Å². The van der Waals surface area contributed by atoms with E-state index >= 15 is 0 Å². The minimum absolute atomic E-state index is 0.0562. The molecule has 45 heavy (non-hydrogen) atoms. The van der Waals surface area contributed by atoms with Crippen molar-refractivity contribution in [2.75, 3.05) is 19.7 Å². The number of aliphatic hydroxyl groups is 1. The van der Waals surface area contributed by atoms with Crippen LogP contribution in [0.1, 0.15) is 58.2 Å². The summed E-state index contributed by atoms with van der Waals surface area (Å²) in [6.07, 6.45) is 7.71. The van der Waals surface area contributed by atoms with Crippen molar-refractivity contribution in [1.29, 1.82) is 0 Å². The lowest BCUT2D eigenvalue weighted by molar-refractivity contribution is -0.155. The van der Waals surface area contributed by atoms with E-state index in [2.05, 4.69) is 34.6 Å². The highest BCUT2D eigenvalue weighted by atomic mass is 16.5. The van der Waals surface area contributed by atoms with Crippen LogP contribution in [-0.2, 0) is 25.7 Å². The first-order valence-electron chi connectivity index (χ1n) is 16.0. The Balaban J connectivity index is 1.46. The molecule has 2 aromatic carbocycles. The Bertz CT molecular complexity index is 1500. The van der Waals surface area contributed by atoms with Crippen molar-refractivity contribution in [3.63, 3.8) is 0 Å². The molecule has 4 heterocycles. The minimum atomic E-state index is -1.37. The Labute approximate surface area is 266 Å². The zero-order valence-electron chi connectivity index (χ0n) is 26.9. The monoisotopic (exact) mass is 611 g/mol. The topological polar surface area (TPSA) is 90.4 Å². The van der Waals surface area contributed by atoms with E-state index in [-0.39, 0.29) is 29.7 Å². The van der Waals surface area contributed by atoms with Gasteiger partial charge in [-0.05, 0) is 36.8 Å². The molecule has 0 aliphatic carbocycles. The van der Waals surface area contributed by atoms with Gasteiger partial charge in [0.2, 0.25) is 17.7 Å². The zero-order valence-corrected chi connectivity index (χ0v) is 26.9. The summed E-state index contributed by atoms with van der Waals surface area (Å²) in [6.45, 7) is 11.4. The average Bonchev–Trinajstić information content (AvgIpc) is 3.30. The maximum Gasteiger partial charge on any atom is 0.249 e. The van der Waals surface area contributed by atoms with E-state index in [0.717, 1.165) is 17.5 Å². The molecule has 1 N–H and O–H groups in total. The van der Waals surface area contributed by atoms with Crippen LogP contribution in [0, 0.1) is 17.3 Å². The number of nitrogens with zero attached hydrogens (tertiary/aromatic N) is 3. The predicted molar refractivity (Wildman–Crippen MR) is 171 cm³/mol. The largest absolute Gasteiger partial charge is 0.394 e. The molecule has 4 aliphatic rings. The molecule has 2 saturated heterocycles. The first-order valence-corrected chi connectivity index (χ1v) is 16.0. The molecule has 6 atom stereocenters. The summed E-state index contributed by atoms with van der Waals surface area (Å²) in [5, 5.41) is 10.8. The molecule has 0 aromatic heterocycles. The number of ether oxygens (including phenoxy) is 1. The molecular weight excluding hydrogens is 566 g/mol. The lowest BCUT2D eigenvalue weighted by Crippen LogP contribution is -2.60. The molecule has 1 unspecified atom stereocenters. The molecule has 0 saturated carbocycles. The average molecular weight is 612 g/mol. The Morgan fingerprint density at radius 1 is 0.889 bits per heavy atom. The summed E-state index contributed by atoms with van der Waals surface area (Å²) in [5.74, 6) is -2.47. The predicted octanol–water partition coefficient (Wildman–Crippen LogP) is 4.51. The third-order valence-electron chi connectivity index (χ3n) is 9.78. The molecule has 8 heteroatoms. The normalized spacial score (nSPS) is 28.9. The van der Waals surface area contributed by atoms with Gasteiger partial charge in [-0.25, -0.2) is 0 Å². The molecule has 2 aromatic rings. The second-order valence-electron chi connectivity index (χ2n) is 14.7.